The molecule has 18 heavy (non-hydrogen) atoms. The van der Waals surface area contributed by atoms with E-state index >= 15 is 0 Å². The zero-order chi connectivity index (χ0) is 14.0. The second-order valence-corrected chi connectivity index (χ2v) is 7.22. The molecule has 110 valence electrons. The Kier molecular flexibility index (Phi) is 9.68. The maximum atomic E-state index is 11.0. The number of sulfone groups is 1. The molecule has 1 N–H and O–H groups in total. The molecule has 5 heteroatoms. The van der Waals surface area contributed by atoms with E-state index in [2.05, 4.69) is 31.0 Å². The Morgan fingerprint density at radius 1 is 1.11 bits per heavy atom. The summed E-state index contributed by atoms with van der Waals surface area (Å²) in [7, 11) is -2.83. The molecule has 0 fully saturated rings. The summed E-state index contributed by atoms with van der Waals surface area (Å²) in [4.78, 5) is 2.44. The maximum Gasteiger partial charge on any atom is 0.148 e. The molecule has 0 spiro atoms. The van der Waals surface area contributed by atoms with Crippen LogP contribution < -0.4 is 5.32 Å². The molecule has 0 atom stereocenters. The Morgan fingerprint density at radius 2 is 1.72 bits per heavy atom. The fraction of sp³-hybridized carbons (Fsp3) is 1.00. The van der Waals surface area contributed by atoms with Crippen LogP contribution in [0.2, 0.25) is 0 Å². The van der Waals surface area contributed by atoms with Crippen LogP contribution in [-0.2, 0) is 9.84 Å². The van der Waals surface area contributed by atoms with Crippen molar-refractivity contribution in [2.24, 2.45) is 5.92 Å². The predicted molar refractivity (Wildman–Crippen MR) is 78.8 cm³/mol. The Balaban J connectivity index is 3.74. The van der Waals surface area contributed by atoms with Gasteiger partial charge in [0.15, 0.2) is 0 Å². The molecule has 0 aliphatic heterocycles. The van der Waals surface area contributed by atoms with Crippen LogP contribution in [0, 0.1) is 5.92 Å². The first kappa shape index (κ1) is 17.9. The lowest BCUT2D eigenvalue weighted by atomic mass is 10.0. The number of nitrogens with zero attached hydrogens (tertiary/aromatic N) is 1. The van der Waals surface area contributed by atoms with Gasteiger partial charge < -0.3 is 10.2 Å². The SMILES string of the molecule is CCC(CC)CN(CC)CCNCCS(C)(=O)=O. The Hall–Kier alpha value is -0.130. The monoisotopic (exact) mass is 278 g/mol. The predicted octanol–water partition coefficient (Wildman–Crippen LogP) is 1.38. The zero-order valence-electron chi connectivity index (χ0n) is 12.4. The first-order valence-corrected chi connectivity index (χ1v) is 9.09. The van der Waals surface area contributed by atoms with Crippen LogP contribution in [0.25, 0.3) is 0 Å². The second kappa shape index (κ2) is 9.75. The van der Waals surface area contributed by atoms with Crippen LogP contribution >= 0.6 is 0 Å². The Labute approximate surface area is 113 Å². The van der Waals surface area contributed by atoms with E-state index in [-0.39, 0.29) is 5.75 Å². The van der Waals surface area contributed by atoms with Crippen molar-refractivity contribution < 1.29 is 8.42 Å². The molecule has 0 aromatic carbocycles. The molecule has 0 rings (SSSR count). The molecular formula is C13H30N2O2S. The molecular weight excluding hydrogens is 248 g/mol. The van der Waals surface area contributed by atoms with Crippen molar-refractivity contribution in [3.63, 3.8) is 0 Å². The summed E-state index contributed by atoms with van der Waals surface area (Å²) >= 11 is 0. The standard InChI is InChI=1S/C13H30N2O2S/c1-5-13(6-2)12-15(7-3)10-8-14-9-11-18(4,16)17/h13-14H,5-12H2,1-4H3. The van der Waals surface area contributed by atoms with E-state index in [9.17, 15) is 8.42 Å². The number of hydrogen-bond donors (Lipinski definition) is 1. The maximum absolute atomic E-state index is 11.0. The van der Waals surface area contributed by atoms with Crippen molar-refractivity contribution >= 4 is 9.84 Å². The highest BCUT2D eigenvalue weighted by Crippen LogP contribution is 2.09. The van der Waals surface area contributed by atoms with Crippen LogP contribution in [0.5, 0.6) is 0 Å². The molecule has 0 aliphatic rings. The third-order valence-electron chi connectivity index (χ3n) is 3.37. The quantitative estimate of drug-likeness (QED) is 0.580. The van der Waals surface area contributed by atoms with Crippen LogP contribution in [0.3, 0.4) is 0 Å². The van der Waals surface area contributed by atoms with Gasteiger partial charge >= 0.3 is 0 Å². The molecule has 0 bridgehead atoms. The average Bonchev–Trinajstić information content (AvgIpc) is 2.31. The first-order valence-electron chi connectivity index (χ1n) is 7.03. The van der Waals surface area contributed by atoms with Crippen LogP contribution in [0.15, 0.2) is 0 Å². The normalized spacial score (nSPS) is 12.6. The highest BCUT2D eigenvalue weighted by atomic mass is 32.2. The first-order chi connectivity index (χ1) is 8.42. The molecule has 0 aromatic rings. The van der Waals surface area contributed by atoms with Crippen LogP contribution in [0.4, 0.5) is 0 Å². The molecule has 4 nitrogen and oxygen atoms in total. The molecule has 0 aromatic heterocycles. The van der Waals surface area contributed by atoms with E-state index in [0.717, 1.165) is 32.1 Å². The van der Waals surface area contributed by atoms with Gasteiger partial charge in [0.05, 0.1) is 5.75 Å². The van der Waals surface area contributed by atoms with Gasteiger partial charge in [0, 0.05) is 32.4 Å². The number of rotatable bonds is 11. The van der Waals surface area contributed by atoms with Gasteiger partial charge in [-0.15, -0.1) is 0 Å². The van der Waals surface area contributed by atoms with Crippen LogP contribution in [-0.4, -0.2) is 58.1 Å². The molecule has 0 saturated heterocycles. The topological polar surface area (TPSA) is 49.4 Å². The van der Waals surface area contributed by atoms with Gasteiger partial charge in [-0.3, -0.25) is 0 Å². The van der Waals surface area contributed by atoms with Crippen LogP contribution in [0.1, 0.15) is 33.6 Å². The Morgan fingerprint density at radius 3 is 2.17 bits per heavy atom. The van der Waals surface area contributed by atoms with E-state index in [1.54, 1.807) is 0 Å². The van der Waals surface area contributed by atoms with E-state index in [0.29, 0.717) is 6.54 Å². The van der Waals surface area contributed by atoms with Crippen molar-refractivity contribution in [3.8, 4) is 0 Å². The lowest BCUT2D eigenvalue weighted by Gasteiger charge is -2.25. The molecule has 0 aliphatic carbocycles. The smallest absolute Gasteiger partial charge is 0.148 e. The number of likely N-dealkylation sites (N-methyl/N-ethyl adjacent to an activating group) is 1. The van der Waals surface area contributed by atoms with Gasteiger partial charge in [-0.05, 0) is 12.5 Å². The lowest BCUT2D eigenvalue weighted by molar-refractivity contribution is 0.234. The summed E-state index contributed by atoms with van der Waals surface area (Å²) in [5, 5.41) is 3.20. The average molecular weight is 278 g/mol. The van der Waals surface area contributed by atoms with Gasteiger partial charge in [0.1, 0.15) is 9.84 Å². The lowest BCUT2D eigenvalue weighted by Crippen LogP contribution is -2.36. The Bertz CT molecular complexity index is 287. The van der Waals surface area contributed by atoms with Gasteiger partial charge in [0.25, 0.3) is 0 Å². The summed E-state index contributed by atoms with van der Waals surface area (Å²) < 4.78 is 21.9. The fourth-order valence-corrected chi connectivity index (χ4v) is 2.43. The largest absolute Gasteiger partial charge is 0.314 e. The van der Waals surface area contributed by atoms with Gasteiger partial charge in [-0.1, -0.05) is 33.6 Å². The molecule has 0 saturated carbocycles. The van der Waals surface area contributed by atoms with Crippen molar-refractivity contribution in [2.45, 2.75) is 33.6 Å². The third kappa shape index (κ3) is 9.85. The van der Waals surface area contributed by atoms with Gasteiger partial charge in [-0.25, -0.2) is 8.42 Å². The zero-order valence-corrected chi connectivity index (χ0v) is 13.2. The molecule has 0 amide bonds. The van der Waals surface area contributed by atoms with Gasteiger partial charge in [-0.2, -0.15) is 0 Å². The van der Waals surface area contributed by atoms with E-state index in [4.69, 9.17) is 0 Å². The van der Waals surface area contributed by atoms with Crippen molar-refractivity contribution in [2.75, 3.05) is 44.7 Å². The highest BCUT2D eigenvalue weighted by molar-refractivity contribution is 7.90. The third-order valence-corrected chi connectivity index (χ3v) is 4.32. The number of nitrogens with one attached hydrogen (secondary N) is 1. The minimum atomic E-state index is -2.83. The summed E-state index contributed by atoms with van der Waals surface area (Å²) in [5.41, 5.74) is 0. The minimum Gasteiger partial charge on any atom is -0.314 e. The molecule has 0 unspecified atom stereocenters. The number of hydrogen-bond acceptors (Lipinski definition) is 4. The molecule has 0 radical (unpaired) electrons. The summed E-state index contributed by atoms with van der Waals surface area (Å²) in [6.07, 6.45) is 3.74. The second-order valence-electron chi connectivity index (χ2n) is 4.96. The van der Waals surface area contributed by atoms with Crippen molar-refractivity contribution in [1.82, 2.24) is 10.2 Å². The highest BCUT2D eigenvalue weighted by Gasteiger charge is 2.09. The minimum absolute atomic E-state index is 0.228. The van der Waals surface area contributed by atoms with E-state index in [1.807, 2.05) is 0 Å². The summed E-state index contributed by atoms with van der Waals surface area (Å²) in [5.74, 6) is 1.01. The fourth-order valence-electron chi connectivity index (χ4n) is 1.91. The van der Waals surface area contributed by atoms with Crippen molar-refractivity contribution in [1.29, 1.82) is 0 Å². The van der Waals surface area contributed by atoms with Gasteiger partial charge in [0.2, 0.25) is 0 Å². The summed E-state index contributed by atoms with van der Waals surface area (Å²) in [6.45, 7) is 11.3. The summed E-state index contributed by atoms with van der Waals surface area (Å²) in [6, 6.07) is 0. The molecule has 0 heterocycles. The van der Waals surface area contributed by atoms with Crippen molar-refractivity contribution in [3.05, 3.63) is 0 Å². The van der Waals surface area contributed by atoms with E-state index in [1.165, 1.54) is 19.1 Å². The van der Waals surface area contributed by atoms with E-state index < -0.39 is 9.84 Å².